The van der Waals surface area contributed by atoms with Crippen LogP contribution in [0.15, 0.2) is 30.3 Å². The maximum atomic E-state index is 12.1. The van der Waals surface area contributed by atoms with Crippen molar-refractivity contribution in [2.75, 3.05) is 0 Å². The monoisotopic (exact) mass is 246 g/mol. The number of esters is 1. The third kappa shape index (κ3) is 1.42. The van der Waals surface area contributed by atoms with Gasteiger partial charge in [-0.25, -0.2) is 0 Å². The topological polar surface area (TPSA) is 63.6 Å². The lowest BCUT2D eigenvalue weighted by Gasteiger charge is -2.31. The molecule has 0 spiro atoms. The number of carbonyl (C=O) groups is 2. The van der Waals surface area contributed by atoms with Gasteiger partial charge in [-0.15, -0.1) is 0 Å². The molecule has 1 aliphatic heterocycles. The highest BCUT2D eigenvalue weighted by molar-refractivity contribution is 6.07. The molecule has 4 heteroatoms. The average Bonchev–Trinajstić information content (AvgIpc) is 2.53. The molecule has 1 N–H and O–H groups in total. The SMILES string of the molecule is O=C1CC[C@@H]2OC(=O)[C@@]1(Cc1ccccc1)[C@@H]2O. The van der Waals surface area contributed by atoms with Crippen molar-refractivity contribution in [3.8, 4) is 0 Å². The molecule has 0 radical (unpaired) electrons. The summed E-state index contributed by atoms with van der Waals surface area (Å²) >= 11 is 0. The zero-order valence-corrected chi connectivity index (χ0v) is 9.83. The second kappa shape index (κ2) is 3.92. The molecule has 1 saturated carbocycles. The number of rotatable bonds is 2. The van der Waals surface area contributed by atoms with E-state index in [9.17, 15) is 14.7 Å². The van der Waals surface area contributed by atoms with Gasteiger partial charge in [0.25, 0.3) is 0 Å². The van der Waals surface area contributed by atoms with Gasteiger partial charge < -0.3 is 9.84 Å². The molecule has 1 aromatic rings. The number of aliphatic hydroxyl groups excluding tert-OH is 1. The summed E-state index contributed by atoms with van der Waals surface area (Å²) in [5, 5.41) is 10.2. The first-order valence-electron chi connectivity index (χ1n) is 6.11. The molecule has 1 aliphatic carbocycles. The summed E-state index contributed by atoms with van der Waals surface area (Å²) in [5.41, 5.74) is -0.506. The maximum absolute atomic E-state index is 12.1. The quantitative estimate of drug-likeness (QED) is 0.621. The van der Waals surface area contributed by atoms with Crippen LogP contribution in [0.1, 0.15) is 18.4 Å². The van der Waals surface area contributed by atoms with Crippen molar-refractivity contribution in [1.29, 1.82) is 0 Å². The van der Waals surface area contributed by atoms with E-state index in [0.29, 0.717) is 12.8 Å². The van der Waals surface area contributed by atoms with Gasteiger partial charge >= 0.3 is 5.97 Å². The first-order chi connectivity index (χ1) is 8.64. The number of benzene rings is 1. The van der Waals surface area contributed by atoms with Crippen molar-refractivity contribution in [3.63, 3.8) is 0 Å². The van der Waals surface area contributed by atoms with Gasteiger partial charge in [-0.1, -0.05) is 30.3 Å². The fourth-order valence-electron chi connectivity index (χ4n) is 2.93. The number of carbonyl (C=O) groups excluding carboxylic acids is 2. The third-order valence-corrected chi connectivity index (χ3v) is 3.96. The molecule has 0 unspecified atom stereocenters. The van der Waals surface area contributed by atoms with E-state index >= 15 is 0 Å². The average molecular weight is 246 g/mol. The first-order valence-corrected chi connectivity index (χ1v) is 6.11. The fourth-order valence-corrected chi connectivity index (χ4v) is 2.93. The molecule has 1 heterocycles. The molecule has 1 aromatic carbocycles. The van der Waals surface area contributed by atoms with Gasteiger partial charge in [0.2, 0.25) is 0 Å². The molecule has 4 nitrogen and oxygen atoms in total. The van der Waals surface area contributed by atoms with Gasteiger partial charge in [0, 0.05) is 6.42 Å². The van der Waals surface area contributed by atoms with Crippen LogP contribution in [0.25, 0.3) is 0 Å². The van der Waals surface area contributed by atoms with E-state index in [4.69, 9.17) is 4.74 Å². The Morgan fingerprint density at radius 2 is 2.00 bits per heavy atom. The lowest BCUT2D eigenvalue weighted by atomic mass is 9.68. The second-order valence-corrected chi connectivity index (χ2v) is 4.98. The van der Waals surface area contributed by atoms with Crippen molar-refractivity contribution in [2.24, 2.45) is 5.41 Å². The molecule has 2 aliphatic rings. The van der Waals surface area contributed by atoms with Crippen LogP contribution in [-0.4, -0.2) is 29.1 Å². The molecular weight excluding hydrogens is 232 g/mol. The Bertz CT molecular complexity index is 486. The summed E-state index contributed by atoms with van der Waals surface area (Å²) in [7, 11) is 0. The molecule has 0 amide bonds. The number of fused-ring (bicyclic) bond motifs is 2. The second-order valence-electron chi connectivity index (χ2n) is 4.98. The largest absolute Gasteiger partial charge is 0.459 e. The Kier molecular flexibility index (Phi) is 2.48. The van der Waals surface area contributed by atoms with Gasteiger partial charge in [-0.3, -0.25) is 9.59 Å². The van der Waals surface area contributed by atoms with E-state index in [1.165, 1.54) is 0 Å². The standard InChI is InChI=1S/C14H14O4/c15-11-7-6-10-12(16)14(11,13(17)18-10)8-9-4-2-1-3-5-9/h1-5,10,12,16H,6-8H2/t10-,12+,14+/m0/s1. The van der Waals surface area contributed by atoms with Crippen LogP contribution in [0.2, 0.25) is 0 Å². The number of ether oxygens (including phenoxy) is 1. The van der Waals surface area contributed by atoms with Crippen molar-refractivity contribution in [3.05, 3.63) is 35.9 Å². The van der Waals surface area contributed by atoms with Crippen molar-refractivity contribution < 1.29 is 19.4 Å². The number of ketones is 1. The summed E-state index contributed by atoms with van der Waals surface area (Å²) in [6.45, 7) is 0. The van der Waals surface area contributed by atoms with Crippen molar-refractivity contribution in [1.82, 2.24) is 0 Å². The van der Waals surface area contributed by atoms with Gasteiger partial charge in [-0.05, 0) is 18.4 Å². The molecule has 94 valence electrons. The van der Waals surface area contributed by atoms with Crippen LogP contribution in [0.5, 0.6) is 0 Å². The first kappa shape index (κ1) is 11.4. The molecule has 2 bridgehead atoms. The predicted octanol–water partition coefficient (Wildman–Crippen LogP) is 0.865. The zero-order valence-electron chi connectivity index (χ0n) is 9.83. The highest BCUT2D eigenvalue weighted by Gasteiger charge is 2.63. The van der Waals surface area contributed by atoms with E-state index in [1.807, 2.05) is 30.3 Å². The summed E-state index contributed by atoms with van der Waals surface area (Å²) in [4.78, 5) is 24.1. The van der Waals surface area contributed by atoms with Crippen LogP contribution in [-0.2, 0) is 20.7 Å². The molecule has 0 aromatic heterocycles. The fraction of sp³-hybridized carbons (Fsp3) is 0.429. The Balaban J connectivity index is 2.00. The van der Waals surface area contributed by atoms with Gasteiger partial charge in [-0.2, -0.15) is 0 Å². The van der Waals surface area contributed by atoms with E-state index in [-0.39, 0.29) is 12.2 Å². The van der Waals surface area contributed by atoms with Crippen LogP contribution in [0.4, 0.5) is 0 Å². The lowest BCUT2D eigenvalue weighted by molar-refractivity contribution is -0.152. The van der Waals surface area contributed by atoms with Gasteiger partial charge in [0.05, 0.1) is 0 Å². The third-order valence-electron chi connectivity index (χ3n) is 3.96. The van der Waals surface area contributed by atoms with E-state index in [2.05, 4.69) is 0 Å². The predicted molar refractivity (Wildman–Crippen MR) is 62.7 cm³/mol. The molecule has 18 heavy (non-hydrogen) atoms. The molecule has 3 atom stereocenters. The van der Waals surface area contributed by atoms with Crippen molar-refractivity contribution in [2.45, 2.75) is 31.5 Å². The lowest BCUT2D eigenvalue weighted by Crippen LogP contribution is -2.50. The minimum absolute atomic E-state index is 0.197. The summed E-state index contributed by atoms with van der Waals surface area (Å²) in [5.74, 6) is -0.760. The van der Waals surface area contributed by atoms with Gasteiger partial charge in [0.1, 0.15) is 12.2 Å². The molecule has 3 rings (SSSR count). The number of Topliss-reactive ketones (excluding diaryl/α,β-unsaturated/α-hetero) is 1. The summed E-state index contributed by atoms with van der Waals surface area (Å²) in [6.07, 6.45) is -0.559. The van der Waals surface area contributed by atoms with Gasteiger partial charge in [0.15, 0.2) is 11.2 Å². The Morgan fingerprint density at radius 3 is 2.72 bits per heavy atom. The maximum Gasteiger partial charge on any atom is 0.323 e. The Hall–Kier alpha value is -1.68. The highest BCUT2D eigenvalue weighted by atomic mass is 16.6. The van der Waals surface area contributed by atoms with Crippen molar-refractivity contribution >= 4 is 11.8 Å². The number of hydrogen-bond acceptors (Lipinski definition) is 4. The number of hydrogen-bond donors (Lipinski definition) is 1. The zero-order chi connectivity index (χ0) is 12.8. The van der Waals surface area contributed by atoms with Crippen LogP contribution < -0.4 is 0 Å². The smallest absolute Gasteiger partial charge is 0.323 e. The summed E-state index contributed by atoms with van der Waals surface area (Å²) in [6, 6.07) is 9.27. The van der Waals surface area contributed by atoms with Crippen LogP contribution >= 0.6 is 0 Å². The minimum atomic E-state index is -1.37. The Labute approximate surface area is 105 Å². The van der Waals surface area contributed by atoms with Crippen LogP contribution in [0.3, 0.4) is 0 Å². The highest BCUT2D eigenvalue weighted by Crippen LogP contribution is 2.44. The molecular formula is C14H14O4. The molecule has 2 fully saturated rings. The number of aliphatic hydroxyl groups is 1. The van der Waals surface area contributed by atoms with E-state index in [1.54, 1.807) is 0 Å². The Morgan fingerprint density at radius 1 is 1.28 bits per heavy atom. The summed E-state index contributed by atoms with van der Waals surface area (Å²) < 4.78 is 5.13. The van der Waals surface area contributed by atoms with E-state index < -0.39 is 23.6 Å². The minimum Gasteiger partial charge on any atom is -0.459 e. The normalized spacial score (nSPS) is 34.5. The van der Waals surface area contributed by atoms with E-state index in [0.717, 1.165) is 5.56 Å². The molecule has 1 saturated heterocycles. The van der Waals surface area contributed by atoms with Crippen LogP contribution in [0, 0.1) is 5.41 Å².